The number of carboxylic acids is 1. The Morgan fingerprint density at radius 3 is 2.81 bits per heavy atom. The predicted molar refractivity (Wildman–Crippen MR) is 80.2 cm³/mol. The molecule has 0 aliphatic heterocycles. The van der Waals surface area contributed by atoms with E-state index in [1.807, 2.05) is 6.92 Å². The summed E-state index contributed by atoms with van der Waals surface area (Å²) in [5.74, 6) is -1.48. The number of carbonyl (C=O) groups is 2. The normalized spacial score (nSPS) is 10.6. The van der Waals surface area contributed by atoms with Gasteiger partial charge in [0.2, 0.25) is 0 Å². The summed E-state index contributed by atoms with van der Waals surface area (Å²) in [6.07, 6.45) is 4.00. The Balaban J connectivity index is 2.28. The molecule has 0 radical (unpaired) electrons. The van der Waals surface area contributed by atoms with Crippen molar-refractivity contribution >= 4 is 29.2 Å². The first kappa shape index (κ1) is 15.2. The first-order chi connectivity index (χ1) is 9.93. The van der Waals surface area contributed by atoms with Crippen LogP contribution in [0, 0.1) is 6.92 Å². The average molecular weight is 310 g/mol. The number of aromatic carboxylic acids is 1. The number of aryl methyl sites for hydroxylation is 2. The number of anilines is 1. The Morgan fingerprint density at radius 2 is 2.19 bits per heavy atom. The second kappa shape index (κ2) is 6.05. The maximum atomic E-state index is 12.3. The highest BCUT2D eigenvalue weighted by Gasteiger charge is 2.19. The summed E-state index contributed by atoms with van der Waals surface area (Å²) < 4.78 is 1.75. The lowest BCUT2D eigenvalue weighted by Gasteiger charge is -2.08. The second-order valence-electron chi connectivity index (χ2n) is 4.70. The van der Waals surface area contributed by atoms with Crippen molar-refractivity contribution in [2.24, 2.45) is 0 Å². The molecular weight excluding hydrogens is 294 g/mol. The second-order valence-corrected chi connectivity index (χ2v) is 5.14. The molecule has 0 saturated carbocycles. The van der Waals surface area contributed by atoms with E-state index in [2.05, 4.69) is 10.3 Å². The van der Waals surface area contributed by atoms with Gasteiger partial charge in [-0.25, -0.2) is 4.79 Å². The Labute approximate surface area is 126 Å². The van der Waals surface area contributed by atoms with E-state index in [0.717, 1.165) is 6.42 Å². The fourth-order valence-electron chi connectivity index (χ4n) is 2.18. The zero-order valence-electron chi connectivity index (χ0n) is 11.7. The monoisotopic (exact) mass is 309 g/mol. The largest absolute Gasteiger partial charge is 0.478 e. The molecule has 2 aromatic heterocycles. The number of H-pyrrole nitrogens is 1. The molecule has 0 aliphatic carbocycles. The van der Waals surface area contributed by atoms with Gasteiger partial charge >= 0.3 is 5.97 Å². The predicted octanol–water partition coefficient (Wildman–Crippen LogP) is 3.14. The molecular formula is C14H16ClN3O3. The fraction of sp³-hybridized carbons (Fsp3) is 0.286. The van der Waals surface area contributed by atoms with Crippen molar-refractivity contribution in [3.8, 4) is 0 Å². The maximum absolute atomic E-state index is 12.3. The molecule has 0 aromatic carbocycles. The van der Waals surface area contributed by atoms with Gasteiger partial charge in [-0.1, -0.05) is 18.5 Å². The summed E-state index contributed by atoms with van der Waals surface area (Å²) in [5, 5.41) is 12.2. The van der Waals surface area contributed by atoms with Crippen molar-refractivity contribution in [2.45, 2.75) is 26.8 Å². The van der Waals surface area contributed by atoms with Gasteiger partial charge in [0.15, 0.2) is 0 Å². The number of hydrogen-bond donors (Lipinski definition) is 3. The van der Waals surface area contributed by atoms with Crippen LogP contribution < -0.4 is 5.32 Å². The van der Waals surface area contributed by atoms with Crippen LogP contribution in [0.5, 0.6) is 0 Å². The molecule has 2 rings (SSSR count). The number of aromatic amines is 1. The van der Waals surface area contributed by atoms with Crippen LogP contribution in [-0.4, -0.2) is 26.5 Å². The Hall–Kier alpha value is -2.21. The smallest absolute Gasteiger partial charge is 0.339 e. The standard InChI is InChI=1S/C14H16ClN3O3/c1-3-4-18-7-9(15)5-11(18)13(19)17-10-6-16-8(2)12(10)14(20)21/h5-7,16H,3-4H2,1-2H3,(H,17,19)(H,20,21). The number of halogens is 1. The van der Waals surface area contributed by atoms with Crippen LogP contribution in [0.25, 0.3) is 0 Å². The molecule has 3 N–H and O–H groups in total. The molecule has 2 heterocycles. The minimum Gasteiger partial charge on any atom is -0.478 e. The third kappa shape index (κ3) is 3.11. The molecule has 0 fully saturated rings. The van der Waals surface area contributed by atoms with Crippen LogP contribution in [0.4, 0.5) is 5.69 Å². The molecule has 1 amide bonds. The van der Waals surface area contributed by atoms with E-state index in [1.54, 1.807) is 23.8 Å². The number of nitrogens with zero attached hydrogens (tertiary/aromatic N) is 1. The number of aromatic nitrogens is 2. The van der Waals surface area contributed by atoms with E-state index in [1.165, 1.54) is 6.20 Å². The Morgan fingerprint density at radius 1 is 1.48 bits per heavy atom. The van der Waals surface area contributed by atoms with Crippen molar-refractivity contribution in [3.05, 3.63) is 40.4 Å². The highest BCUT2D eigenvalue weighted by atomic mass is 35.5. The third-order valence-electron chi connectivity index (χ3n) is 3.10. The van der Waals surface area contributed by atoms with Crippen LogP contribution in [-0.2, 0) is 6.54 Å². The summed E-state index contributed by atoms with van der Waals surface area (Å²) in [6.45, 7) is 4.29. The summed E-state index contributed by atoms with van der Waals surface area (Å²) in [7, 11) is 0. The van der Waals surface area contributed by atoms with Crippen molar-refractivity contribution in [3.63, 3.8) is 0 Å². The van der Waals surface area contributed by atoms with Crippen LogP contribution >= 0.6 is 11.6 Å². The molecule has 0 unspecified atom stereocenters. The molecule has 2 aromatic rings. The van der Waals surface area contributed by atoms with Gasteiger partial charge in [-0.2, -0.15) is 0 Å². The van der Waals surface area contributed by atoms with Crippen LogP contribution in [0.1, 0.15) is 39.9 Å². The van der Waals surface area contributed by atoms with Gasteiger partial charge in [0, 0.05) is 24.6 Å². The van der Waals surface area contributed by atoms with E-state index >= 15 is 0 Å². The summed E-state index contributed by atoms with van der Waals surface area (Å²) in [6, 6.07) is 1.56. The molecule has 0 spiro atoms. The van der Waals surface area contributed by atoms with Gasteiger partial charge in [0.25, 0.3) is 5.91 Å². The van der Waals surface area contributed by atoms with Crippen molar-refractivity contribution in [1.82, 2.24) is 9.55 Å². The van der Waals surface area contributed by atoms with E-state index in [9.17, 15) is 9.59 Å². The van der Waals surface area contributed by atoms with Crippen molar-refractivity contribution in [1.29, 1.82) is 0 Å². The number of rotatable bonds is 5. The van der Waals surface area contributed by atoms with Crippen molar-refractivity contribution in [2.75, 3.05) is 5.32 Å². The van der Waals surface area contributed by atoms with E-state index in [-0.39, 0.29) is 11.3 Å². The molecule has 6 nitrogen and oxygen atoms in total. The summed E-state index contributed by atoms with van der Waals surface area (Å²) in [5.41, 5.74) is 1.19. The third-order valence-corrected chi connectivity index (χ3v) is 3.31. The van der Waals surface area contributed by atoms with Gasteiger partial charge < -0.3 is 20.0 Å². The van der Waals surface area contributed by atoms with Gasteiger partial charge in [-0.15, -0.1) is 0 Å². The number of amides is 1. The first-order valence-corrected chi connectivity index (χ1v) is 6.90. The van der Waals surface area contributed by atoms with Gasteiger partial charge in [-0.05, 0) is 19.4 Å². The lowest BCUT2D eigenvalue weighted by Crippen LogP contribution is -2.18. The summed E-state index contributed by atoms with van der Waals surface area (Å²) >= 11 is 5.93. The minimum absolute atomic E-state index is 0.0584. The van der Waals surface area contributed by atoms with E-state index < -0.39 is 11.9 Å². The maximum Gasteiger partial charge on any atom is 0.339 e. The molecule has 0 atom stereocenters. The molecule has 0 bridgehead atoms. The number of carbonyl (C=O) groups excluding carboxylic acids is 1. The average Bonchev–Trinajstić information content (AvgIpc) is 2.93. The quantitative estimate of drug-likeness (QED) is 0.793. The van der Waals surface area contributed by atoms with Gasteiger partial charge in [0.05, 0.1) is 10.7 Å². The zero-order valence-corrected chi connectivity index (χ0v) is 12.5. The number of nitrogens with one attached hydrogen (secondary N) is 2. The number of carboxylic acid groups (broad SMARTS) is 1. The van der Waals surface area contributed by atoms with E-state index in [4.69, 9.17) is 16.7 Å². The first-order valence-electron chi connectivity index (χ1n) is 6.52. The van der Waals surface area contributed by atoms with Gasteiger partial charge in [0.1, 0.15) is 11.3 Å². The summed E-state index contributed by atoms with van der Waals surface area (Å²) in [4.78, 5) is 26.3. The van der Waals surface area contributed by atoms with Crippen LogP contribution in [0.15, 0.2) is 18.5 Å². The molecule has 7 heteroatoms. The van der Waals surface area contributed by atoms with Crippen LogP contribution in [0.3, 0.4) is 0 Å². The highest BCUT2D eigenvalue weighted by molar-refractivity contribution is 6.31. The minimum atomic E-state index is -1.09. The highest BCUT2D eigenvalue weighted by Crippen LogP contribution is 2.21. The number of hydrogen-bond acceptors (Lipinski definition) is 2. The zero-order chi connectivity index (χ0) is 15.6. The lowest BCUT2D eigenvalue weighted by atomic mass is 10.2. The molecule has 0 saturated heterocycles. The molecule has 21 heavy (non-hydrogen) atoms. The Bertz CT molecular complexity index is 688. The van der Waals surface area contributed by atoms with Crippen molar-refractivity contribution < 1.29 is 14.7 Å². The van der Waals surface area contributed by atoms with Crippen LogP contribution in [0.2, 0.25) is 5.02 Å². The fourth-order valence-corrected chi connectivity index (χ4v) is 2.40. The topological polar surface area (TPSA) is 87.1 Å². The van der Waals surface area contributed by atoms with E-state index in [0.29, 0.717) is 23.0 Å². The lowest BCUT2D eigenvalue weighted by molar-refractivity contribution is 0.0697. The molecule has 0 aliphatic rings. The Kier molecular flexibility index (Phi) is 4.37. The van der Waals surface area contributed by atoms with Gasteiger partial charge in [-0.3, -0.25) is 4.79 Å². The SMILES string of the molecule is CCCn1cc(Cl)cc1C(=O)Nc1c[nH]c(C)c1C(=O)O. The molecule has 112 valence electrons.